The summed E-state index contributed by atoms with van der Waals surface area (Å²) in [5.41, 5.74) is 3.56. The van der Waals surface area contributed by atoms with Crippen molar-refractivity contribution in [1.29, 1.82) is 0 Å². The van der Waals surface area contributed by atoms with Crippen LogP contribution in [0.4, 0.5) is 4.39 Å². The number of halogens is 1. The summed E-state index contributed by atoms with van der Waals surface area (Å²) in [6.45, 7) is 5.38. The lowest BCUT2D eigenvalue weighted by Crippen LogP contribution is -2.31. The summed E-state index contributed by atoms with van der Waals surface area (Å²) in [6.07, 6.45) is 2.74. The highest BCUT2D eigenvalue weighted by Crippen LogP contribution is 2.34. The Balaban J connectivity index is 1.87. The molecule has 0 fully saturated rings. The minimum atomic E-state index is -0.309. The van der Waals surface area contributed by atoms with Crippen LogP contribution in [0.2, 0.25) is 0 Å². The molecule has 1 aliphatic heterocycles. The van der Waals surface area contributed by atoms with Crippen LogP contribution in [0.1, 0.15) is 16.9 Å². The van der Waals surface area contributed by atoms with Gasteiger partial charge in [-0.15, -0.1) is 0 Å². The van der Waals surface area contributed by atoms with E-state index < -0.39 is 0 Å². The first-order valence-electron chi connectivity index (χ1n) is 9.49. The first-order chi connectivity index (χ1) is 14.2. The normalized spacial score (nSPS) is 13.2. The second-order valence-electron chi connectivity index (χ2n) is 6.84. The highest BCUT2D eigenvalue weighted by atomic mass is 19.1. The maximum absolute atomic E-state index is 14.2. The largest absolute Gasteiger partial charge is 0.493 e. The third kappa shape index (κ3) is 3.44. The zero-order valence-electron chi connectivity index (χ0n) is 16.6. The van der Waals surface area contributed by atoms with Crippen molar-refractivity contribution in [1.82, 2.24) is 0 Å². The molecule has 3 aromatic rings. The molecule has 0 aliphatic carbocycles. The fourth-order valence-electron chi connectivity index (χ4n) is 3.78. The second kappa shape index (κ2) is 7.95. The Kier molecular flexibility index (Phi) is 5.21. The van der Waals surface area contributed by atoms with E-state index >= 15 is 0 Å². The Hall–Kier alpha value is -3.34. The van der Waals surface area contributed by atoms with E-state index in [1.807, 2.05) is 30.3 Å². The quantitative estimate of drug-likeness (QED) is 0.451. The topological polar surface area (TPSA) is 34.6 Å². The minimum Gasteiger partial charge on any atom is -0.493 e. The molecule has 0 amide bonds. The highest BCUT2D eigenvalue weighted by molar-refractivity contribution is 6.10. The summed E-state index contributed by atoms with van der Waals surface area (Å²) in [6, 6.07) is 14.3. The van der Waals surface area contributed by atoms with Crippen LogP contribution in [0.15, 0.2) is 65.6 Å². The van der Waals surface area contributed by atoms with Crippen LogP contribution in [0.3, 0.4) is 0 Å². The van der Waals surface area contributed by atoms with Crippen molar-refractivity contribution in [2.75, 3.05) is 27.3 Å². The van der Waals surface area contributed by atoms with E-state index in [1.165, 1.54) is 6.07 Å². The average molecular weight is 392 g/mol. The summed E-state index contributed by atoms with van der Waals surface area (Å²) in [7, 11) is 3.26. The molecule has 0 spiro atoms. The van der Waals surface area contributed by atoms with Gasteiger partial charge in [0, 0.05) is 6.42 Å². The first-order valence-corrected chi connectivity index (χ1v) is 9.49. The molecule has 4 rings (SSSR count). The Morgan fingerprint density at radius 1 is 1.03 bits per heavy atom. The van der Waals surface area contributed by atoms with Gasteiger partial charge >= 0.3 is 0 Å². The zero-order chi connectivity index (χ0) is 20.4. The smallest absolute Gasteiger partial charge is 0.250 e. The molecular formula is C24H23FNO3+. The minimum absolute atomic E-state index is 0.309. The summed E-state index contributed by atoms with van der Waals surface area (Å²) >= 11 is 0. The van der Waals surface area contributed by atoms with Crippen molar-refractivity contribution in [2.45, 2.75) is 6.42 Å². The van der Waals surface area contributed by atoms with E-state index in [0.717, 1.165) is 29.8 Å². The third-order valence-corrected chi connectivity index (χ3v) is 5.16. The lowest BCUT2D eigenvalue weighted by atomic mass is 9.94. The Morgan fingerprint density at radius 3 is 2.48 bits per heavy atom. The van der Waals surface area contributed by atoms with Crippen LogP contribution in [-0.4, -0.2) is 37.6 Å². The number of fused-ring (bicyclic) bond motifs is 1. The molecule has 5 heteroatoms. The molecule has 29 heavy (non-hydrogen) atoms. The predicted molar refractivity (Wildman–Crippen MR) is 111 cm³/mol. The Morgan fingerprint density at radius 2 is 1.76 bits per heavy atom. The van der Waals surface area contributed by atoms with Crippen LogP contribution in [0.5, 0.6) is 11.5 Å². The highest BCUT2D eigenvalue weighted by Gasteiger charge is 2.31. The molecule has 4 nitrogen and oxygen atoms in total. The van der Waals surface area contributed by atoms with Gasteiger partial charge in [0.15, 0.2) is 23.8 Å². The number of hydrogen-bond donors (Lipinski definition) is 0. The molecule has 1 aromatic heterocycles. The van der Waals surface area contributed by atoms with Crippen molar-refractivity contribution >= 4 is 5.71 Å². The molecular weight excluding hydrogens is 369 g/mol. The van der Waals surface area contributed by atoms with Gasteiger partial charge in [0.25, 0.3) is 5.71 Å². The van der Waals surface area contributed by atoms with E-state index in [4.69, 9.17) is 13.9 Å². The van der Waals surface area contributed by atoms with E-state index in [1.54, 1.807) is 32.4 Å². The summed E-state index contributed by atoms with van der Waals surface area (Å²) in [5, 5.41) is 0. The number of methoxy groups -OCH3 is 2. The van der Waals surface area contributed by atoms with Gasteiger partial charge in [-0.25, -0.2) is 8.97 Å². The predicted octanol–water partition coefficient (Wildman–Crippen LogP) is 4.69. The maximum atomic E-state index is 14.2. The summed E-state index contributed by atoms with van der Waals surface area (Å²) in [4.78, 5) is 0. The van der Waals surface area contributed by atoms with Gasteiger partial charge in [-0.2, -0.15) is 0 Å². The van der Waals surface area contributed by atoms with Crippen LogP contribution in [-0.2, 0) is 6.42 Å². The van der Waals surface area contributed by atoms with Gasteiger partial charge in [0.05, 0.1) is 25.3 Å². The molecule has 0 N–H and O–H groups in total. The van der Waals surface area contributed by atoms with Crippen LogP contribution < -0.4 is 9.47 Å². The maximum Gasteiger partial charge on any atom is 0.250 e. The average Bonchev–Trinajstić information content (AvgIpc) is 3.22. The molecule has 0 saturated carbocycles. The van der Waals surface area contributed by atoms with Gasteiger partial charge in [0.2, 0.25) is 0 Å². The van der Waals surface area contributed by atoms with Crippen molar-refractivity contribution in [3.05, 3.63) is 83.9 Å². The molecule has 0 saturated heterocycles. The molecule has 0 atom stereocenters. The Labute approximate surface area is 169 Å². The van der Waals surface area contributed by atoms with Crippen molar-refractivity contribution in [3.63, 3.8) is 0 Å². The SMILES string of the molecule is C=CC[N+]1=C(c2ccc(-c3ccccc3F)o2)c2cc(OC)c(OC)cc2CC1. The Bertz CT molecular complexity index is 1100. The lowest BCUT2D eigenvalue weighted by Gasteiger charge is -2.19. The standard InChI is InChI=1S/C24H23FNO3/c1-4-12-26-13-11-16-14-22(27-2)23(28-3)15-18(16)24(26)21-10-9-20(29-21)17-7-5-6-8-19(17)25/h4-10,14-15H,1,11-13H2,2-3H3/q+1. The fraction of sp³-hybridized carbons (Fsp3) is 0.208. The number of hydrogen-bond acceptors (Lipinski definition) is 3. The van der Waals surface area contributed by atoms with Crippen molar-refractivity contribution in [3.8, 4) is 22.8 Å². The van der Waals surface area contributed by atoms with Gasteiger partial charge < -0.3 is 13.9 Å². The fourth-order valence-corrected chi connectivity index (χ4v) is 3.78. The van der Waals surface area contributed by atoms with Crippen molar-refractivity contribution < 1.29 is 22.9 Å². The monoisotopic (exact) mass is 392 g/mol. The molecule has 148 valence electrons. The van der Waals surface area contributed by atoms with Crippen LogP contribution >= 0.6 is 0 Å². The number of ether oxygens (including phenoxy) is 2. The number of benzene rings is 2. The third-order valence-electron chi connectivity index (χ3n) is 5.16. The molecule has 2 aromatic carbocycles. The molecule has 0 bridgehead atoms. The molecule has 2 heterocycles. The number of nitrogens with zero attached hydrogens (tertiary/aromatic N) is 1. The van der Waals surface area contributed by atoms with Crippen LogP contribution in [0, 0.1) is 5.82 Å². The van der Waals surface area contributed by atoms with E-state index in [9.17, 15) is 4.39 Å². The van der Waals surface area contributed by atoms with Gasteiger partial charge in [-0.1, -0.05) is 18.7 Å². The molecule has 1 aliphatic rings. The molecule has 0 radical (unpaired) electrons. The molecule has 0 unspecified atom stereocenters. The second-order valence-corrected chi connectivity index (χ2v) is 6.84. The van der Waals surface area contributed by atoms with Gasteiger partial charge in [-0.3, -0.25) is 0 Å². The zero-order valence-corrected chi connectivity index (χ0v) is 16.6. The van der Waals surface area contributed by atoms with Crippen LogP contribution in [0.25, 0.3) is 11.3 Å². The number of rotatable bonds is 6. The van der Waals surface area contributed by atoms with E-state index in [2.05, 4.69) is 11.2 Å². The summed E-state index contributed by atoms with van der Waals surface area (Å²) < 4.78 is 33.5. The van der Waals surface area contributed by atoms with Gasteiger partial charge in [0.1, 0.15) is 18.1 Å². The van der Waals surface area contributed by atoms with E-state index in [0.29, 0.717) is 35.1 Å². The van der Waals surface area contributed by atoms with Gasteiger partial charge in [-0.05, 0) is 48.0 Å². The summed E-state index contributed by atoms with van der Waals surface area (Å²) in [5.74, 6) is 2.23. The first kappa shape index (κ1) is 19.0. The number of furan rings is 1. The lowest BCUT2D eigenvalue weighted by molar-refractivity contribution is -0.518. The van der Waals surface area contributed by atoms with E-state index in [-0.39, 0.29) is 5.82 Å². The van der Waals surface area contributed by atoms with Crippen molar-refractivity contribution in [2.24, 2.45) is 0 Å².